The Morgan fingerprint density at radius 1 is 1.28 bits per heavy atom. The van der Waals surface area contributed by atoms with E-state index in [1.807, 2.05) is 24.4 Å². The van der Waals surface area contributed by atoms with Crippen LogP contribution >= 0.6 is 20.7 Å². The minimum absolute atomic E-state index is 0.0256. The topological polar surface area (TPSA) is 95.1 Å². The number of aliphatic imine (C=N–C) groups is 1. The van der Waals surface area contributed by atoms with Gasteiger partial charge < -0.3 is 10.0 Å². The third-order valence-electron chi connectivity index (χ3n) is 6.39. The van der Waals surface area contributed by atoms with Gasteiger partial charge in [-0.25, -0.2) is 4.99 Å². The number of pyridine rings is 1. The largest absolute Gasteiger partial charge is 0.395 e. The van der Waals surface area contributed by atoms with E-state index in [1.165, 1.54) is 0 Å². The van der Waals surface area contributed by atoms with Crippen molar-refractivity contribution in [1.82, 2.24) is 24.8 Å². The highest BCUT2D eigenvalue weighted by Gasteiger charge is 2.33. The molecule has 32 heavy (non-hydrogen) atoms. The molecule has 0 bridgehead atoms. The van der Waals surface area contributed by atoms with E-state index in [4.69, 9.17) is 4.99 Å². The predicted octanol–water partition coefficient (Wildman–Crippen LogP) is 2.35. The van der Waals surface area contributed by atoms with Crippen molar-refractivity contribution in [2.75, 3.05) is 25.4 Å². The lowest BCUT2D eigenvalue weighted by Crippen LogP contribution is -2.43. The molecule has 1 unspecified atom stereocenters. The van der Waals surface area contributed by atoms with Gasteiger partial charge in [0.25, 0.3) is 0 Å². The summed E-state index contributed by atoms with van der Waals surface area (Å²) in [6.45, 7) is 6.16. The number of aromatic nitrogens is 3. The number of hydrogen-bond donors (Lipinski definition) is 2. The smallest absolute Gasteiger partial charge is 0.163 e. The molecule has 3 aliphatic heterocycles. The van der Waals surface area contributed by atoms with Crippen LogP contribution in [0.1, 0.15) is 44.9 Å². The molecule has 0 radical (unpaired) electrons. The highest BCUT2D eigenvalue weighted by molar-refractivity contribution is 14.2. The Morgan fingerprint density at radius 3 is 2.84 bits per heavy atom. The Labute approximate surface area is 200 Å². The Hall–Kier alpha value is -1.50. The summed E-state index contributed by atoms with van der Waals surface area (Å²) in [7, 11) is -0.978. The fourth-order valence-corrected chi connectivity index (χ4v) is 9.48. The van der Waals surface area contributed by atoms with Crippen molar-refractivity contribution in [3.05, 3.63) is 40.8 Å². The molecule has 8 nitrogen and oxygen atoms in total. The first kappa shape index (κ1) is 22.3. The molecule has 172 valence electrons. The Balaban J connectivity index is 1.35. The van der Waals surface area contributed by atoms with Gasteiger partial charge in [0.1, 0.15) is 5.82 Å². The van der Waals surface area contributed by atoms with E-state index in [1.54, 1.807) is 0 Å². The molecule has 0 aliphatic carbocycles. The van der Waals surface area contributed by atoms with Crippen LogP contribution in [0.3, 0.4) is 0 Å². The van der Waals surface area contributed by atoms with Crippen LogP contribution in [0, 0.1) is 5.92 Å². The lowest BCUT2D eigenvalue weighted by molar-refractivity contribution is 0.227. The maximum atomic E-state index is 12.7. The van der Waals surface area contributed by atoms with Crippen molar-refractivity contribution in [2.24, 2.45) is 10.9 Å². The molecule has 0 spiro atoms. The maximum absolute atomic E-state index is 12.7. The van der Waals surface area contributed by atoms with Gasteiger partial charge in [-0.2, -0.15) is 0 Å². The third-order valence-corrected chi connectivity index (χ3v) is 11.0. The van der Waals surface area contributed by atoms with E-state index in [0.29, 0.717) is 17.6 Å². The van der Waals surface area contributed by atoms with Crippen molar-refractivity contribution in [3.63, 3.8) is 0 Å². The first-order chi connectivity index (χ1) is 15.5. The van der Waals surface area contributed by atoms with Gasteiger partial charge >= 0.3 is 0 Å². The van der Waals surface area contributed by atoms with E-state index in [-0.39, 0.29) is 12.6 Å². The van der Waals surface area contributed by atoms with E-state index < -0.39 is 31.5 Å². The minimum atomic E-state index is -0.978. The zero-order valence-electron chi connectivity index (χ0n) is 18.4. The molecule has 2 N–H and O–H groups in total. The van der Waals surface area contributed by atoms with Crippen LogP contribution in [0.25, 0.3) is 5.65 Å². The molecule has 5 rings (SSSR count). The minimum Gasteiger partial charge on any atom is -0.395 e. The van der Waals surface area contributed by atoms with E-state index in [0.717, 1.165) is 61.9 Å². The number of hydrogen-bond acceptors (Lipinski definition) is 7. The zero-order chi connectivity index (χ0) is 22.2. The summed E-state index contributed by atoms with van der Waals surface area (Å²) in [4.78, 5) is 8.35. The number of nitrogens with one attached hydrogen (secondary N) is 1. The Kier molecular flexibility index (Phi) is 6.55. The fourth-order valence-electron chi connectivity index (χ4n) is 4.40. The molecular weight excluding hydrogens is 539 g/mol. The zero-order valence-corrected chi connectivity index (χ0v) is 21.3. The highest BCUT2D eigenvalue weighted by Crippen LogP contribution is 2.35. The number of rotatable bonds is 5. The molecular formula is C22H29IN6O2S. The number of aliphatic hydroxyl groups is 1. The molecule has 0 aromatic carbocycles. The standard InChI is InChI=1S/C22H29IN6O2S/c1-14(2)17(13-30)24-20-19-16(8-12-32(19)31)25-22(23-20)28-10-6-15(7-11-28)21-27-26-18-5-3-4-9-29(18)21/h3-5,9,14-15,17,24,30H,6-8,10-13H2,1-2H3/t17-,32?/m0/s1. The number of allylic oxidation sites excluding steroid dienone is 1. The van der Waals surface area contributed by atoms with Crippen LogP contribution in [0.5, 0.6) is 0 Å². The SMILES string of the molecule is CC(C)[C@H](CO)NC1=IC(N2CCC(c3nnc4ccccn34)CC2)=NC2=C1S(=O)CC2. The molecule has 3 aliphatic rings. The third kappa shape index (κ3) is 4.22. The van der Waals surface area contributed by atoms with Crippen LogP contribution < -0.4 is 5.32 Å². The first-order valence-corrected chi connectivity index (χ1v) is 14.7. The molecule has 1 saturated heterocycles. The Morgan fingerprint density at radius 2 is 2.09 bits per heavy atom. The second kappa shape index (κ2) is 9.40. The summed E-state index contributed by atoms with van der Waals surface area (Å²) in [6.07, 6.45) is 4.85. The van der Waals surface area contributed by atoms with E-state index >= 15 is 0 Å². The molecule has 0 amide bonds. The van der Waals surface area contributed by atoms with Crippen molar-refractivity contribution in [2.45, 2.75) is 45.1 Å². The molecule has 10 heteroatoms. The van der Waals surface area contributed by atoms with Crippen LogP contribution in [0.4, 0.5) is 0 Å². The molecule has 1 fully saturated rings. The summed E-state index contributed by atoms with van der Waals surface area (Å²) in [5.41, 5.74) is 1.88. The normalized spacial score (nSPS) is 23.2. The number of piperidine rings is 1. The van der Waals surface area contributed by atoms with Gasteiger partial charge in [0.15, 0.2) is 9.49 Å². The summed E-state index contributed by atoms with van der Waals surface area (Å²) >= 11 is -0.571. The van der Waals surface area contributed by atoms with Gasteiger partial charge in [0.2, 0.25) is 0 Å². The van der Waals surface area contributed by atoms with Gasteiger partial charge in [-0.05, 0) is 51.6 Å². The summed E-state index contributed by atoms with van der Waals surface area (Å²) in [6, 6.07) is 5.98. The molecule has 2 aromatic heterocycles. The van der Waals surface area contributed by atoms with Gasteiger partial charge in [-0.1, -0.05) is 19.9 Å². The number of halogens is 1. The van der Waals surface area contributed by atoms with Gasteiger partial charge in [0.05, 0.1) is 31.6 Å². The van der Waals surface area contributed by atoms with Crippen LogP contribution in [-0.2, 0) is 10.8 Å². The highest BCUT2D eigenvalue weighted by atomic mass is 127. The van der Waals surface area contributed by atoms with Crippen molar-refractivity contribution >= 4 is 44.7 Å². The lowest BCUT2D eigenvalue weighted by atomic mass is 9.96. The van der Waals surface area contributed by atoms with Crippen LogP contribution in [0.15, 0.2) is 40.0 Å². The summed E-state index contributed by atoms with van der Waals surface area (Å²) in [5, 5.41) is 22.2. The number of aliphatic hydroxyl groups excluding tert-OH is 1. The quantitative estimate of drug-likeness (QED) is 0.425. The number of fused-ring (bicyclic) bond motifs is 1. The summed E-state index contributed by atoms with van der Waals surface area (Å²) < 4.78 is 17.0. The second-order valence-electron chi connectivity index (χ2n) is 8.79. The van der Waals surface area contributed by atoms with Crippen molar-refractivity contribution < 1.29 is 9.32 Å². The monoisotopic (exact) mass is 568 g/mol. The second-order valence-corrected chi connectivity index (χ2v) is 12.9. The average Bonchev–Trinajstić information content (AvgIpc) is 3.41. The number of amidine groups is 1. The number of nitrogens with zero attached hydrogens (tertiary/aromatic N) is 5. The predicted molar refractivity (Wildman–Crippen MR) is 136 cm³/mol. The van der Waals surface area contributed by atoms with Crippen molar-refractivity contribution in [1.29, 1.82) is 0 Å². The molecule has 0 saturated carbocycles. The van der Waals surface area contributed by atoms with E-state index in [9.17, 15) is 9.32 Å². The van der Waals surface area contributed by atoms with Crippen molar-refractivity contribution in [3.8, 4) is 0 Å². The van der Waals surface area contributed by atoms with Crippen LogP contribution in [-0.4, -0.2) is 67.8 Å². The molecule has 2 atom stereocenters. The number of likely N-dealkylation sites (tertiary alicyclic amines) is 1. The maximum Gasteiger partial charge on any atom is 0.163 e. The first-order valence-electron chi connectivity index (χ1n) is 11.2. The van der Waals surface area contributed by atoms with E-state index in [2.05, 4.69) is 38.7 Å². The lowest BCUT2D eigenvalue weighted by Gasteiger charge is -2.34. The Bertz CT molecular complexity index is 1130. The van der Waals surface area contributed by atoms with Crippen LogP contribution in [0.2, 0.25) is 0 Å². The summed E-state index contributed by atoms with van der Waals surface area (Å²) in [5.74, 6) is 2.39. The molecule has 2 aromatic rings. The van der Waals surface area contributed by atoms with Gasteiger partial charge in [-0.15, -0.1) is 10.2 Å². The average molecular weight is 568 g/mol. The fraction of sp³-hybridized carbons (Fsp3) is 0.545. The van der Waals surface area contributed by atoms with Gasteiger partial charge in [0, 0.05) is 43.4 Å². The van der Waals surface area contributed by atoms with Gasteiger partial charge in [-0.3, -0.25) is 13.9 Å². The molecule has 5 heterocycles.